The summed E-state index contributed by atoms with van der Waals surface area (Å²) in [6.07, 6.45) is 6.24. The van der Waals surface area contributed by atoms with Gasteiger partial charge >= 0.3 is 5.97 Å². The maximum Gasteiger partial charge on any atom is 0.326 e. The van der Waals surface area contributed by atoms with E-state index in [-0.39, 0.29) is 49.1 Å². The Kier molecular flexibility index (Phi) is 28.7. The SMILES string of the molecule is CCCC(CC(=O)CCOCCOCCOCCOCCCC(=O)CCC(C)=O)C(=O)NC(CCCCNC(=O)CCCc1ccc(I)cc1)C(=O)O. The highest BCUT2D eigenvalue weighted by atomic mass is 127. The molecule has 0 bridgehead atoms. The maximum atomic E-state index is 13.0. The summed E-state index contributed by atoms with van der Waals surface area (Å²) in [6.45, 7) is 6.71. The van der Waals surface area contributed by atoms with E-state index < -0.39 is 23.8 Å². The number of nitrogens with one attached hydrogen (secondary N) is 2. The van der Waals surface area contributed by atoms with Crippen molar-refractivity contribution >= 4 is 57.7 Å². The number of hydrogen-bond donors (Lipinski definition) is 3. The van der Waals surface area contributed by atoms with E-state index in [1.54, 1.807) is 0 Å². The van der Waals surface area contributed by atoms with Crippen LogP contribution >= 0.6 is 22.6 Å². The van der Waals surface area contributed by atoms with Crippen molar-refractivity contribution in [3.05, 3.63) is 33.4 Å². The number of rotatable bonds is 35. The molecule has 2 amide bonds. The second-order valence-corrected chi connectivity index (χ2v) is 14.2. The number of halogens is 1. The minimum absolute atomic E-state index is 0.0157. The largest absolute Gasteiger partial charge is 0.480 e. The maximum absolute atomic E-state index is 13.0. The van der Waals surface area contributed by atoms with E-state index in [0.29, 0.717) is 111 Å². The van der Waals surface area contributed by atoms with Gasteiger partial charge in [0.25, 0.3) is 0 Å². The lowest BCUT2D eigenvalue weighted by Crippen LogP contribution is -2.44. The van der Waals surface area contributed by atoms with E-state index in [2.05, 4.69) is 45.4 Å². The third-order valence-electron chi connectivity index (χ3n) is 8.26. The molecule has 3 N–H and O–H groups in total. The fourth-order valence-corrected chi connectivity index (χ4v) is 5.61. The van der Waals surface area contributed by atoms with Crippen LogP contribution in [0.4, 0.5) is 0 Å². The molecule has 13 nitrogen and oxygen atoms in total. The van der Waals surface area contributed by atoms with Crippen molar-refractivity contribution in [1.29, 1.82) is 0 Å². The highest BCUT2D eigenvalue weighted by Gasteiger charge is 2.26. The topological polar surface area (TPSA) is 184 Å². The first-order valence-corrected chi connectivity index (χ1v) is 20.0. The Morgan fingerprint density at radius 1 is 0.698 bits per heavy atom. The molecule has 0 saturated heterocycles. The van der Waals surface area contributed by atoms with Gasteiger partial charge in [-0.15, -0.1) is 0 Å². The van der Waals surface area contributed by atoms with Gasteiger partial charge in [-0.05, 0) is 92.2 Å². The van der Waals surface area contributed by atoms with Gasteiger partial charge in [0.05, 0.1) is 46.2 Å². The number of carbonyl (C=O) groups excluding carboxylic acids is 5. The summed E-state index contributed by atoms with van der Waals surface area (Å²) in [5.41, 5.74) is 1.19. The van der Waals surface area contributed by atoms with Crippen molar-refractivity contribution in [3.63, 3.8) is 0 Å². The minimum atomic E-state index is -1.13. The predicted octanol–water partition coefficient (Wildman–Crippen LogP) is 5.02. The van der Waals surface area contributed by atoms with E-state index in [1.165, 1.54) is 16.1 Å². The van der Waals surface area contributed by atoms with Crippen LogP contribution in [0.15, 0.2) is 24.3 Å². The van der Waals surface area contributed by atoms with Gasteiger partial charge in [-0.25, -0.2) is 4.79 Å². The highest BCUT2D eigenvalue weighted by molar-refractivity contribution is 14.1. The van der Waals surface area contributed by atoms with Gasteiger partial charge in [0.1, 0.15) is 23.4 Å². The lowest BCUT2D eigenvalue weighted by atomic mass is 9.94. The van der Waals surface area contributed by atoms with Crippen molar-refractivity contribution in [2.75, 3.05) is 59.4 Å². The molecule has 0 aliphatic heterocycles. The Balaban J connectivity index is 2.12. The van der Waals surface area contributed by atoms with E-state index in [4.69, 9.17) is 18.9 Å². The number of amides is 2. The first-order chi connectivity index (χ1) is 25.5. The molecular formula is C39H61IN2O11. The lowest BCUT2D eigenvalue weighted by molar-refractivity contribution is -0.143. The molecular weight excluding hydrogens is 799 g/mol. The monoisotopic (exact) mass is 860 g/mol. The van der Waals surface area contributed by atoms with Crippen LogP contribution in [-0.2, 0) is 54.1 Å². The zero-order valence-corrected chi connectivity index (χ0v) is 33.8. The number of carboxylic acid groups (broad SMARTS) is 1. The highest BCUT2D eigenvalue weighted by Crippen LogP contribution is 2.15. The zero-order valence-electron chi connectivity index (χ0n) is 31.6. The van der Waals surface area contributed by atoms with Crippen LogP contribution in [-0.4, -0.2) is 106 Å². The molecule has 0 heterocycles. The summed E-state index contributed by atoms with van der Waals surface area (Å²) in [4.78, 5) is 72.1. The molecule has 53 heavy (non-hydrogen) atoms. The van der Waals surface area contributed by atoms with Gasteiger partial charge in [-0.2, -0.15) is 0 Å². The molecule has 1 aromatic carbocycles. The predicted molar refractivity (Wildman–Crippen MR) is 209 cm³/mol. The quantitative estimate of drug-likeness (QED) is 0.0616. The molecule has 0 radical (unpaired) electrons. The van der Waals surface area contributed by atoms with Crippen LogP contribution in [0.3, 0.4) is 0 Å². The molecule has 0 spiro atoms. The lowest BCUT2D eigenvalue weighted by Gasteiger charge is -2.20. The summed E-state index contributed by atoms with van der Waals surface area (Å²) in [5.74, 6) is -2.25. The fraction of sp³-hybridized carbons (Fsp3) is 0.692. The molecule has 1 aromatic rings. The van der Waals surface area contributed by atoms with Gasteiger partial charge in [-0.3, -0.25) is 19.2 Å². The zero-order chi connectivity index (χ0) is 39.1. The number of aryl methyl sites for hydroxylation is 1. The van der Waals surface area contributed by atoms with E-state index in [0.717, 1.165) is 12.8 Å². The summed E-state index contributed by atoms with van der Waals surface area (Å²) >= 11 is 2.26. The third-order valence-corrected chi connectivity index (χ3v) is 8.98. The summed E-state index contributed by atoms with van der Waals surface area (Å²) < 4.78 is 23.0. The van der Waals surface area contributed by atoms with Crippen LogP contribution in [0.2, 0.25) is 0 Å². The summed E-state index contributed by atoms with van der Waals surface area (Å²) in [7, 11) is 0. The number of hydrogen-bond acceptors (Lipinski definition) is 10. The van der Waals surface area contributed by atoms with Crippen molar-refractivity contribution < 1.29 is 52.8 Å². The van der Waals surface area contributed by atoms with Crippen molar-refractivity contribution in [3.8, 4) is 0 Å². The molecule has 2 atom stereocenters. The second-order valence-electron chi connectivity index (χ2n) is 13.0. The Bertz CT molecular complexity index is 1210. The van der Waals surface area contributed by atoms with E-state index in [1.807, 2.05) is 19.1 Å². The van der Waals surface area contributed by atoms with Crippen LogP contribution in [0.5, 0.6) is 0 Å². The molecule has 0 saturated carbocycles. The number of carbonyl (C=O) groups is 6. The van der Waals surface area contributed by atoms with Gasteiger partial charge in [-0.1, -0.05) is 25.5 Å². The molecule has 0 aliphatic rings. The number of benzene rings is 1. The number of ketones is 3. The number of carboxylic acids is 1. The van der Waals surface area contributed by atoms with Gasteiger partial charge in [0.15, 0.2) is 0 Å². The van der Waals surface area contributed by atoms with Crippen LogP contribution in [0, 0.1) is 9.49 Å². The Morgan fingerprint density at radius 3 is 1.92 bits per heavy atom. The van der Waals surface area contributed by atoms with E-state index in [9.17, 15) is 33.9 Å². The first kappa shape index (κ1) is 48.2. The van der Waals surface area contributed by atoms with Crippen LogP contribution in [0.1, 0.15) is 103 Å². The standard InChI is InChI=1S/C39H61IN2O11/c1-3-8-32(29-35(45)19-22-51-24-26-53-28-27-52-25-23-50-21-7-10-34(44)18-13-30(2)43)38(47)42-36(39(48)49)11-4-5-20-41-37(46)12-6-9-31-14-16-33(40)17-15-31/h14-17,32,36H,3-13,18-29H2,1-2H3,(H,41,46)(H,42,47)(H,48,49). The Hall–Kier alpha value is -2.79. The van der Waals surface area contributed by atoms with Crippen molar-refractivity contribution in [1.82, 2.24) is 10.6 Å². The number of aliphatic carboxylic acids is 1. The van der Waals surface area contributed by atoms with Gasteiger partial charge < -0.3 is 39.5 Å². The fourth-order valence-electron chi connectivity index (χ4n) is 5.25. The number of unbranched alkanes of at least 4 members (excludes halogenated alkanes) is 1. The molecule has 300 valence electrons. The first-order valence-electron chi connectivity index (χ1n) is 18.9. The van der Waals surface area contributed by atoms with E-state index >= 15 is 0 Å². The molecule has 2 unspecified atom stereocenters. The van der Waals surface area contributed by atoms with Gasteiger partial charge in [0.2, 0.25) is 11.8 Å². The normalized spacial score (nSPS) is 12.2. The Morgan fingerprint density at radius 2 is 1.32 bits per heavy atom. The molecule has 0 aliphatic carbocycles. The number of Topliss-reactive ketones (excluding diaryl/α,β-unsaturated/α-hetero) is 3. The van der Waals surface area contributed by atoms with Crippen molar-refractivity contribution in [2.24, 2.45) is 5.92 Å². The molecule has 0 fully saturated rings. The molecule has 14 heteroatoms. The second kappa shape index (κ2) is 31.5. The van der Waals surface area contributed by atoms with Gasteiger partial charge in [0, 0.05) is 61.2 Å². The smallest absolute Gasteiger partial charge is 0.326 e. The average Bonchev–Trinajstić information content (AvgIpc) is 3.12. The van der Waals surface area contributed by atoms with Crippen molar-refractivity contribution in [2.45, 2.75) is 110 Å². The molecule has 0 aromatic heterocycles. The molecule has 1 rings (SSSR count). The Labute approximate surface area is 328 Å². The average molecular weight is 861 g/mol. The summed E-state index contributed by atoms with van der Waals surface area (Å²) in [5, 5.41) is 15.2. The van der Waals surface area contributed by atoms with Crippen LogP contribution in [0.25, 0.3) is 0 Å². The third kappa shape index (κ3) is 27.5. The summed E-state index contributed by atoms with van der Waals surface area (Å²) in [6, 6.07) is 7.15. The minimum Gasteiger partial charge on any atom is -0.480 e. The number of ether oxygens (including phenoxy) is 4. The van der Waals surface area contributed by atoms with Crippen LogP contribution < -0.4 is 10.6 Å².